The number of carbonyl (C=O) groups excluding carboxylic acids is 1. The van der Waals surface area contributed by atoms with E-state index < -0.39 is 0 Å². The van der Waals surface area contributed by atoms with Crippen LogP contribution in [0.3, 0.4) is 0 Å². The zero-order valence-electron chi connectivity index (χ0n) is 9.71. The average Bonchev–Trinajstić information content (AvgIpc) is 2.81. The third-order valence-electron chi connectivity index (χ3n) is 3.05. The monoisotopic (exact) mass is 240 g/mol. The number of nitrogens with two attached hydrogens (primary N) is 1. The summed E-state index contributed by atoms with van der Waals surface area (Å²) in [5, 5.41) is 0. The van der Waals surface area contributed by atoms with Crippen LogP contribution in [0, 0.1) is 0 Å². The fourth-order valence-electron chi connectivity index (χ4n) is 2.15. The van der Waals surface area contributed by atoms with Gasteiger partial charge in [0.05, 0.1) is 5.56 Å². The van der Waals surface area contributed by atoms with Crippen LogP contribution in [0.25, 0.3) is 0 Å². The number of benzene rings is 1. The van der Waals surface area contributed by atoms with Gasteiger partial charge in [0.2, 0.25) is 0 Å². The standard InChI is InChI=1S/C13H12N4O/c14-12-2-1-9-6-17(7-10(9)3-12)13(18)11-4-15-8-16-5-11/h1-5,8H,6-7,14H2. The predicted molar refractivity (Wildman–Crippen MR) is 66.5 cm³/mol. The number of amides is 1. The molecule has 0 bridgehead atoms. The molecule has 5 nitrogen and oxygen atoms in total. The van der Waals surface area contributed by atoms with Crippen LogP contribution < -0.4 is 5.73 Å². The van der Waals surface area contributed by atoms with Crippen LogP contribution in [0.2, 0.25) is 0 Å². The Labute approximate surface area is 104 Å². The van der Waals surface area contributed by atoms with Gasteiger partial charge in [-0.2, -0.15) is 0 Å². The molecule has 0 unspecified atom stereocenters. The maximum Gasteiger partial charge on any atom is 0.257 e. The number of aromatic nitrogens is 2. The first-order valence-electron chi connectivity index (χ1n) is 5.65. The Bertz CT molecular complexity index is 597. The van der Waals surface area contributed by atoms with E-state index in [2.05, 4.69) is 9.97 Å². The van der Waals surface area contributed by atoms with Crippen molar-refractivity contribution in [3.8, 4) is 0 Å². The van der Waals surface area contributed by atoms with Gasteiger partial charge in [0, 0.05) is 31.2 Å². The molecule has 1 aromatic carbocycles. The minimum absolute atomic E-state index is 0.0506. The van der Waals surface area contributed by atoms with Gasteiger partial charge in [-0.1, -0.05) is 6.07 Å². The van der Waals surface area contributed by atoms with E-state index in [9.17, 15) is 4.79 Å². The van der Waals surface area contributed by atoms with Crippen LogP contribution >= 0.6 is 0 Å². The highest BCUT2D eigenvalue weighted by Gasteiger charge is 2.24. The van der Waals surface area contributed by atoms with Crippen LogP contribution in [0.1, 0.15) is 21.5 Å². The molecule has 0 spiro atoms. The topological polar surface area (TPSA) is 72.1 Å². The molecule has 2 N–H and O–H groups in total. The lowest BCUT2D eigenvalue weighted by Gasteiger charge is -2.14. The second kappa shape index (κ2) is 4.10. The summed E-state index contributed by atoms with van der Waals surface area (Å²) in [5.41, 5.74) is 9.24. The number of fused-ring (bicyclic) bond motifs is 1. The van der Waals surface area contributed by atoms with Gasteiger partial charge in [-0.05, 0) is 23.3 Å². The van der Waals surface area contributed by atoms with E-state index in [1.54, 1.807) is 4.90 Å². The van der Waals surface area contributed by atoms with E-state index in [-0.39, 0.29) is 5.91 Å². The van der Waals surface area contributed by atoms with Crippen molar-refractivity contribution in [3.63, 3.8) is 0 Å². The van der Waals surface area contributed by atoms with Gasteiger partial charge < -0.3 is 10.6 Å². The molecule has 0 radical (unpaired) electrons. The van der Waals surface area contributed by atoms with E-state index >= 15 is 0 Å². The molecule has 2 aromatic rings. The number of hydrogen-bond acceptors (Lipinski definition) is 4. The Hall–Kier alpha value is -2.43. The van der Waals surface area contributed by atoms with E-state index in [1.165, 1.54) is 18.7 Å². The average molecular weight is 240 g/mol. The molecule has 0 atom stereocenters. The van der Waals surface area contributed by atoms with E-state index in [0.717, 1.165) is 16.8 Å². The third-order valence-corrected chi connectivity index (χ3v) is 3.05. The first-order chi connectivity index (χ1) is 8.74. The van der Waals surface area contributed by atoms with E-state index in [0.29, 0.717) is 18.7 Å². The van der Waals surface area contributed by atoms with Gasteiger partial charge >= 0.3 is 0 Å². The maximum absolute atomic E-state index is 12.2. The van der Waals surface area contributed by atoms with Gasteiger partial charge in [-0.15, -0.1) is 0 Å². The Morgan fingerprint density at radius 3 is 2.67 bits per heavy atom. The fraction of sp³-hybridized carbons (Fsp3) is 0.154. The van der Waals surface area contributed by atoms with Crippen molar-refractivity contribution in [2.75, 3.05) is 5.73 Å². The van der Waals surface area contributed by atoms with Gasteiger partial charge in [0.25, 0.3) is 5.91 Å². The molecule has 1 aliphatic heterocycles. The molecule has 1 aromatic heterocycles. The van der Waals surface area contributed by atoms with Crippen molar-refractivity contribution in [2.24, 2.45) is 0 Å². The zero-order chi connectivity index (χ0) is 12.5. The van der Waals surface area contributed by atoms with E-state index in [1.807, 2.05) is 18.2 Å². The summed E-state index contributed by atoms with van der Waals surface area (Å²) in [7, 11) is 0. The Morgan fingerprint density at radius 1 is 1.17 bits per heavy atom. The molecule has 3 rings (SSSR count). The first kappa shape index (κ1) is 10.7. The number of rotatable bonds is 1. The van der Waals surface area contributed by atoms with Crippen molar-refractivity contribution in [3.05, 3.63) is 53.6 Å². The molecule has 1 aliphatic rings. The number of anilines is 1. The van der Waals surface area contributed by atoms with Crippen molar-refractivity contribution in [1.29, 1.82) is 0 Å². The summed E-state index contributed by atoms with van der Waals surface area (Å²) in [5.74, 6) is -0.0506. The lowest BCUT2D eigenvalue weighted by molar-refractivity contribution is 0.0750. The lowest BCUT2D eigenvalue weighted by atomic mass is 10.1. The van der Waals surface area contributed by atoms with Crippen LogP contribution in [-0.2, 0) is 13.1 Å². The quantitative estimate of drug-likeness (QED) is 0.760. The minimum Gasteiger partial charge on any atom is -0.399 e. The zero-order valence-corrected chi connectivity index (χ0v) is 9.71. The van der Waals surface area contributed by atoms with Gasteiger partial charge in [-0.3, -0.25) is 4.79 Å². The lowest BCUT2D eigenvalue weighted by Crippen LogP contribution is -2.25. The Morgan fingerprint density at radius 2 is 1.89 bits per heavy atom. The predicted octanol–water partition coefficient (Wildman–Crippen LogP) is 1.21. The number of carbonyl (C=O) groups is 1. The van der Waals surface area contributed by atoms with Crippen LogP contribution in [0.4, 0.5) is 5.69 Å². The second-order valence-electron chi connectivity index (χ2n) is 4.32. The number of nitrogens with zero attached hydrogens (tertiary/aromatic N) is 3. The van der Waals surface area contributed by atoms with E-state index in [4.69, 9.17) is 5.73 Å². The summed E-state index contributed by atoms with van der Waals surface area (Å²) >= 11 is 0. The van der Waals surface area contributed by atoms with Crippen LogP contribution in [-0.4, -0.2) is 20.8 Å². The molecular formula is C13H12N4O. The molecule has 18 heavy (non-hydrogen) atoms. The van der Waals surface area contributed by atoms with Crippen molar-refractivity contribution < 1.29 is 4.79 Å². The molecule has 0 aliphatic carbocycles. The molecule has 0 saturated heterocycles. The maximum atomic E-state index is 12.2. The summed E-state index contributed by atoms with van der Waals surface area (Å²) in [4.78, 5) is 21.7. The highest BCUT2D eigenvalue weighted by Crippen LogP contribution is 2.25. The van der Waals surface area contributed by atoms with Crippen molar-refractivity contribution >= 4 is 11.6 Å². The molecule has 90 valence electrons. The highest BCUT2D eigenvalue weighted by molar-refractivity contribution is 5.93. The molecule has 5 heteroatoms. The second-order valence-corrected chi connectivity index (χ2v) is 4.32. The Kier molecular flexibility index (Phi) is 2.44. The SMILES string of the molecule is Nc1ccc2c(c1)CN(C(=O)c1cncnc1)C2. The normalized spacial score (nSPS) is 13.4. The van der Waals surface area contributed by atoms with Gasteiger partial charge in [0.1, 0.15) is 6.33 Å². The van der Waals surface area contributed by atoms with Gasteiger partial charge in [0.15, 0.2) is 0 Å². The third kappa shape index (κ3) is 1.79. The molecule has 2 heterocycles. The van der Waals surface area contributed by atoms with Crippen molar-refractivity contribution in [1.82, 2.24) is 14.9 Å². The number of hydrogen-bond donors (Lipinski definition) is 1. The Balaban J connectivity index is 1.84. The van der Waals surface area contributed by atoms with Crippen LogP contribution in [0.5, 0.6) is 0 Å². The summed E-state index contributed by atoms with van der Waals surface area (Å²) in [6.45, 7) is 1.21. The minimum atomic E-state index is -0.0506. The first-order valence-corrected chi connectivity index (χ1v) is 5.65. The summed E-state index contributed by atoms with van der Waals surface area (Å²) < 4.78 is 0. The molecule has 0 fully saturated rings. The summed E-state index contributed by atoms with van der Waals surface area (Å²) in [6.07, 6.45) is 4.48. The summed E-state index contributed by atoms with van der Waals surface area (Å²) in [6, 6.07) is 5.75. The largest absolute Gasteiger partial charge is 0.399 e. The fourth-order valence-corrected chi connectivity index (χ4v) is 2.15. The molecule has 1 amide bonds. The van der Waals surface area contributed by atoms with Crippen molar-refractivity contribution in [2.45, 2.75) is 13.1 Å². The smallest absolute Gasteiger partial charge is 0.257 e. The molecular weight excluding hydrogens is 228 g/mol. The highest BCUT2D eigenvalue weighted by atomic mass is 16.2. The van der Waals surface area contributed by atoms with Crippen LogP contribution in [0.15, 0.2) is 36.9 Å². The molecule has 0 saturated carbocycles. The number of nitrogen functional groups attached to an aromatic ring is 1. The van der Waals surface area contributed by atoms with Gasteiger partial charge in [-0.25, -0.2) is 9.97 Å².